The molecule has 90 valence electrons. The molecule has 0 radical (unpaired) electrons. The lowest BCUT2D eigenvalue weighted by molar-refractivity contribution is 0.0131. The van der Waals surface area contributed by atoms with E-state index in [2.05, 4.69) is 20.7 Å². The number of nitrogens with two attached hydrogens (primary N) is 1. The molecular weight excluding hydrogens is 210 g/mol. The van der Waals surface area contributed by atoms with Gasteiger partial charge in [0.05, 0.1) is 6.61 Å². The van der Waals surface area contributed by atoms with Crippen LogP contribution in [0.2, 0.25) is 0 Å². The molecule has 0 aliphatic carbocycles. The maximum Gasteiger partial charge on any atom is 0.148 e. The molecule has 0 aromatic carbocycles. The largest absolute Gasteiger partial charge is 0.393 e. The molecule has 6 N–H and O–H groups in total. The summed E-state index contributed by atoms with van der Waals surface area (Å²) >= 11 is 0. The molecule has 0 bridgehead atoms. The molecule has 0 saturated carbocycles. The van der Waals surface area contributed by atoms with E-state index in [-0.39, 0.29) is 13.2 Å². The van der Waals surface area contributed by atoms with Gasteiger partial charge in [0.2, 0.25) is 0 Å². The van der Waals surface area contributed by atoms with Crippen molar-refractivity contribution in [2.45, 2.75) is 19.4 Å². The minimum Gasteiger partial charge on any atom is -0.393 e. The Morgan fingerprint density at radius 1 is 1.44 bits per heavy atom. The number of hydrogen-bond acceptors (Lipinski definition) is 7. The van der Waals surface area contributed by atoms with Crippen LogP contribution in [0.15, 0.2) is 6.33 Å². The van der Waals surface area contributed by atoms with E-state index in [9.17, 15) is 5.11 Å². The number of hydrogen-bond donors (Lipinski definition) is 5. The van der Waals surface area contributed by atoms with E-state index in [4.69, 9.17) is 10.9 Å². The summed E-state index contributed by atoms with van der Waals surface area (Å²) in [7, 11) is 0. The van der Waals surface area contributed by atoms with Crippen LogP contribution in [-0.4, -0.2) is 38.9 Å². The van der Waals surface area contributed by atoms with Crippen molar-refractivity contribution >= 4 is 11.6 Å². The molecule has 0 amide bonds. The van der Waals surface area contributed by atoms with Gasteiger partial charge in [0.1, 0.15) is 23.6 Å². The number of nitrogen functional groups attached to an aromatic ring is 1. The van der Waals surface area contributed by atoms with Gasteiger partial charge in [-0.1, -0.05) is 0 Å². The average molecular weight is 227 g/mol. The van der Waals surface area contributed by atoms with Crippen molar-refractivity contribution in [3.63, 3.8) is 0 Å². The van der Waals surface area contributed by atoms with E-state index in [1.165, 1.54) is 13.3 Å². The molecule has 0 saturated heterocycles. The van der Waals surface area contributed by atoms with Crippen LogP contribution in [0.25, 0.3) is 0 Å². The Labute approximate surface area is 93.7 Å². The zero-order chi connectivity index (χ0) is 12.2. The highest BCUT2D eigenvalue weighted by Gasteiger charge is 2.19. The fourth-order valence-electron chi connectivity index (χ4n) is 1.10. The molecule has 1 aromatic rings. The molecule has 0 aliphatic rings. The van der Waals surface area contributed by atoms with Crippen LogP contribution >= 0.6 is 0 Å². The van der Waals surface area contributed by atoms with E-state index < -0.39 is 5.60 Å². The van der Waals surface area contributed by atoms with Gasteiger partial charge in [0.25, 0.3) is 0 Å². The van der Waals surface area contributed by atoms with Gasteiger partial charge >= 0.3 is 0 Å². The summed E-state index contributed by atoms with van der Waals surface area (Å²) in [5.74, 6) is 6.35. The van der Waals surface area contributed by atoms with Crippen molar-refractivity contribution in [1.29, 1.82) is 0 Å². The number of nitrogens with zero attached hydrogens (tertiary/aromatic N) is 2. The van der Waals surface area contributed by atoms with Crippen LogP contribution < -0.4 is 16.6 Å². The SMILES string of the molecule is Cc1c(NN)ncnc1NCC(C)(O)CO. The Hall–Kier alpha value is -1.44. The Morgan fingerprint density at radius 2 is 2.06 bits per heavy atom. The lowest BCUT2D eigenvalue weighted by atomic mass is 10.1. The topological polar surface area (TPSA) is 116 Å². The quantitative estimate of drug-likeness (QED) is 0.331. The predicted octanol–water partition coefficient (Wildman–Crippen LogP) is -0.774. The minimum absolute atomic E-state index is 0.186. The Morgan fingerprint density at radius 3 is 2.62 bits per heavy atom. The number of hydrazine groups is 1. The summed E-state index contributed by atoms with van der Waals surface area (Å²) in [6.07, 6.45) is 1.36. The number of rotatable bonds is 5. The third-order valence-electron chi connectivity index (χ3n) is 2.20. The van der Waals surface area contributed by atoms with Crippen molar-refractivity contribution in [3.05, 3.63) is 11.9 Å². The van der Waals surface area contributed by atoms with Crippen LogP contribution in [0.4, 0.5) is 11.6 Å². The Bertz CT molecular complexity index is 356. The molecule has 16 heavy (non-hydrogen) atoms. The summed E-state index contributed by atoms with van der Waals surface area (Å²) < 4.78 is 0. The molecular formula is C9H17N5O2. The van der Waals surface area contributed by atoms with Crippen LogP contribution in [0.1, 0.15) is 12.5 Å². The van der Waals surface area contributed by atoms with E-state index in [0.717, 1.165) is 5.56 Å². The first kappa shape index (κ1) is 12.6. The van der Waals surface area contributed by atoms with Crippen LogP contribution in [0.5, 0.6) is 0 Å². The lowest BCUT2D eigenvalue weighted by Crippen LogP contribution is -2.37. The van der Waals surface area contributed by atoms with Gasteiger partial charge in [-0.25, -0.2) is 15.8 Å². The highest BCUT2D eigenvalue weighted by molar-refractivity contribution is 5.55. The lowest BCUT2D eigenvalue weighted by Gasteiger charge is -2.21. The number of anilines is 2. The fourth-order valence-corrected chi connectivity index (χ4v) is 1.10. The summed E-state index contributed by atoms with van der Waals surface area (Å²) in [5, 5.41) is 21.4. The highest BCUT2D eigenvalue weighted by Crippen LogP contribution is 2.17. The molecule has 0 aliphatic heterocycles. The zero-order valence-electron chi connectivity index (χ0n) is 9.36. The molecule has 1 atom stereocenters. The molecule has 1 aromatic heterocycles. The number of aliphatic hydroxyl groups is 2. The van der Waals surface area contributed by atoms with Gasteiger partial charge in [-0.05, 0) is 13.8 Å². The van der Waals surface area contributed by atoms with Gasteiger partial charge in [0.15, 0.2) is 0 Å². The average Bonchev–Trinajstić information content (AvgIpc) is 2.28. The normalized spacial score (nSPS) is 14.3. The van der Waals surface area contributed by atoms with Gasteiger partial charge < -0.3 is 21.0 Å². The maximum atomic E-state index is 9.61. The van der Waals surface area contributed by atoms with Crippen LogP contribution in [0, 0.1) is 6.92 Å². The van der Waals surface area contributed by atoms with Crippen molar-refractivity contribution < 1.29 is 10.2 Å². The summed E-state index contributed by atoms with van der Waals surface area (Å²) in [5.41, 5.74) is 2.01. The van der Waals surface area contributed by atoms with E-state index in [1.54, 1.807) is 6.92 Å². The molecule has 7 nitrogen and oxygen atoms in total. The third-order valence-corrected chi connectivity index (χ3v) is 2.20. The molecule has 7 heteroatoms. The second kappa shape index (κ2) is 5.06. The molecule has 0 fully saturated rings. The molecule has 1 rings (SSSR count). The van der Waals surface area contributed by atoms with Gasteiger partial charge in [0, 0.05) is 12.1 Å². The second-order valence-corrected chi connectivity index (χ2v) is 3.85. The molecule has 1 unspecified atom stereocenters. The first-order valence-electron chi connectivity index (χ1n) is 4.85. The highest BCUT2D eigenvalue weighted by atomic mass is 16.3. The van der Waals surface area contributed by atoms with Gasteiger partial charge in [-0.15, -0.1) is 0 Å². The summed E-state index contributed by atoms with van der Waals surface area (Å²) in [4.78, 5) is 7.94. The Kier molecular flexibility index (Phi) is 3.99. The number of aliphatic hydroxyl groups excluding tert-OH is 1. The van der Waals surface area contributed by atoms with Crippen molar-refractivity contribution in [1.82, 2.24) is 9.97 Å². The van der Waals surface area contributed by atoms with E-state index >= 15 is 0 Å². The Balaban J connectivity index is 2.75. The second-order valence-electron chi connectivity index (χ2n) is 3.85. The van der Waals surface area contributed by atoms with Crippen molar-refractivity contribution in [2.75, 3.05) is 23.9 Å². The maximum absolute atomic E-state index is 9.61. The molecule has 1 heterocycles. The van der Waals surface area contributed by atoms with Gasteiger partial charge in [-0.3, -0.25) is 0 Å². The summed E-state index contributed by atoms with van der Waals surface area (Å²) in [6.45, 7) is 3.18. The first-order valence-corrected chi connectivity index (χ1v) is 4.85. The van der Waals surface area contributed by atoms with Crippen molar-refractivity contribution in [2.24, 2.45) is 5.84 Å². The van der Waals surface area contributed by atoms with Crippen LogP contribution in [0.3, 0.4) is 0 Å². The van der Waals surface area contributed by atoms with Gasteiger partial charge in [-0.2, -0.15) is 0 Å². The zero-order valence-corrected chi connectivity index (χ0v) is 9.36. The smallest absolute Gasteiger partial charge is 0.148 e. The molecule has 0 spiro atoms. The number of nitrogens with one attached hydrogen (secondary N) is 2. The third kappa shape index (κ3) is 3.02. The van der Waals surface area contributed by atoms with E-state index in [1.807, 2.05) is 0 Å². The van der Waals surface area contributed by atoms with Crippen LogP contribution in [-0.2, 0) is 0 Å². The first-order chi connectivity index (χ1) is 7.50. The van der Waals surface area contributed by atoms with E-state index in [0.29, 0.717) is 11.6 Å². The number of aromatic nitrogens is 2. The minimum atomic E-state index is -1.19. The predicted molar refractivity (Wildman–Crippen MR) is 60.8 cm³/mol. The summed E-state index contributed by atoms with van der Waals surface area (Å²) in [6, 6.07) is 0. The fraction of sp³-hybridized carbons (Fsp3) is 0.556. The monoisotopic (exact) mass is 227 g/mol. The van der Waals surface area contributed by atoms with Crippen molar-refractivity contribution in [3.8, 4) is 0 Å². The standard InChI is InChI=1S/C9H17N5O2/c1-6-7(11-3-9(2,16)4-15)12-5-13-8(6)14-10/h5,15-16H,3-4,10H2,1-2H3,(H2,11,12,13,14).